The minimum atomic E-state index is -0.506. The number of amides is 2. The number of carbonyl (C=O) groups is 2. The van der Waals surface area contributed by atoms with E-state index in [1.807, 2.05) is 35.2 Å². The van der Waals surface area contributed by atoms with E-state index in [1.165, 1.54) is 0 Å². The van der Waals surface area contributed by atoms with E-state index in [0.717, 1.165) is 19.4 Å². The summed E-state index contributed by atoms with van der Waals surface area (Å²) in [6.07, 6.45) is 5.56. The number of likely N-dealkylation sites (tertiary alicyclic amines) is 2. The van der Waals surface area contributed by atoms with Crippen molar-refractivity contribution in [2.24, 2.45) is 5.41 Å². The first-order valence-electron chi connectivity index (χ1n) is 10.4. The van der Waals surface area contributed by atoms with Gasteiger partial charge in [0.2, 0.25) is 5.91 Å². The number of hydrogen-bond acceptors (Lipinski definition) is 5. The second-order valence-electron chi connectivity index (χ2n) is 8.16. The van der Waals surface area contributed by atoms with Crippen molar-refractivity contribution in [3.05, 3.63) is 54.4 Å². The third kappa shape index (κ3) is 3.77. The molecule has 0 aliphatic carbocycles. The number of nitrogens with zero attached hydrogens (tertiary/aromatic N) is 3. The maximum absolute atomic E-state index is 13.4. The number of rotatable bonds is 4. The number of fused-ring (bicyclic) bond motifs is 1. The number of aromatic nitrogens is 1. The SMILES string of the molecule is COc1cccc(C(=O)N2CC[C@H]3N(C)CC[C@@]3(C(=O)Nc3cccnc3)CC2)c1. The van der Waals surface area contributed by atoms with Crippen molar-refractivity contribution < 1.29 is 14.3 Å². The third-order valence-electron chi connectivity index (χ3n) is 6.56. The predicted octanol–water partition coefficient (Wildman–Crippen LogP) is 2.66. The van der Waals surface area contributed by atoms with E-state index in [0.29, 0.717) is 36.5 Å². The first-order chi connectivity index (χ1) is 14.5. The van der Waals surface area contributed by atoms with Crippen LogP contribution in [-0.2, 0) is 4.79 Å². The molecule has 0 bridgehead atoms. The highest BCUT2D eigenvalue weighted by Gasteiger charge is 2.52. The van der Waals surface area contributed by atoms with Gasteiger partial charge in [0.15, 0.2) is 0 Å². The van der Waals surface area contributed by atoms with Gasteiger partial charge in [0, 0.05) is 30.9 Å². The number of benzene rings is 1. The quantitative estimate of drug-likeness (QED) is 0.842. The number of ether oxygens (including phenoxy) is 1. The molecule has 1 aromatic carbocycles. The van der Waals surface area contributed by atoms with Crippen LogP contribution in [0.3, 0.4) is 0 Å². The topological polar surface area (TPSA) is 74.8 Å². The predicted molar refractivity (Wildman–Crippen MR) is 114 cm³/mol. The maximum atomic E-state index is 13.4. The Kier molecular flexibility index (Phi) is 5.72. The summed E-state index contributed by atoms with van der Waals surface area (Å²) in [5, 5.41) is 3.06. The second kappa shape index (κ2) is 8.44. The molecule has 1 N–H and O–H groups in total. The first-order valence-corrected chi connectivity index (χ1v) is 10.4. The van der Waals surface area contributed by atoms with Gasteiger partial charge < -0.3 is 19.9 Å². The lowest BCUT2D eigenvalue weighted by Gasteiger charge is -2.34. The molecule has 158 valence electrons. The Morgan fingerprint density at radius 1 is 1.17 bits per heavy atom. The summed E-state index contributed by atoms with van der Waals surface area (Å²) in [5.41, 5.74) is 0.816. The molecule has 2 amide bonds. The fraction of sp³-hybridized carbons (Fsp3) is 0.435. The lowest BCUT2D eigenvalue weighted by molar-refractivity contribution is -0.127. The molecule has 30 heavy (non-hydrogen) atoms. The van der Waals surface area contributed by atoms with Gasteiger partial charge in [-0.25, -0.2) is 0 Å². The summed E-state index contributed by atoms with van der Waals surface area (Å²) in [6.45, 7) is 2.07. The van der Waals surface area contributed by atoms with Crippen LogP contribution in [0.15, 0.2) is 48.8 Å². The molecule has 2 saturated heterocycles. The molecule has 2 aromatic rings. The lowest BCUT2D eigenvalue weighted by Crippen LogP contribution is -2.46. The van der Waals surface area contributed by atoms with Crippen LogP contribution in [0.4, 0.5) is 5.69 Å². The van der Waals surface area contributed by atoms with Crippen LogP contribution in [-0.4, -0.2) is 66.4 Å². The van der Waals surface area contributed by atoms with E-state index in [-0.39, 0.29) is 17.9 Å². The molecule has 0 spiro atoms. The first kappa shape index (κ1) is 20.3. The maximum Gasteiger partial charge on any atom is 0.253 e. The van der Waals surface area contributed by atoms with Gasteiger partial charge in [-0.3, -0.25) is 14.6 Å². The fourth-order valence-electron chi connectivity index (χ4n) is 4.85. The zero-order chi connectivity index (χ0) is 21.1. The average molecular weight is 409 g/mol. The Hall–Kier alpha value is -2.93. The summed E-state index contributed by atoms with van der Waals surface area (Å²) in [4.78, 5) is 34.8. The van der Waals surface area contributed by atoms with Crippen LogP contribution >= 0.6 is 0 Å². The summed E-state index contributed by atoms with van der Waals surface area (Å²) >= 11 is 0. The van der Waals surface area contributed by atoms with Gasteiger partial charge in [-0.2, -0.15) is 0 Å². The number of carbonyl (C=O) groups excluding carboxylic acids is 2. The highest BCUT2D eigenvalue weighted by molar-refractivity contribution is 5.97. The smallest absolute Gasteiger partial charge is 0.253 e. The Bertz CT molecular complexity index is 920. The molecule has 1 aromatic heterocycles. The van der Waals surface area contributed by atoms with Crippen molar-refractivity contribution in [3.8, 4) is 5.75 Å². The molecule has 2 aliphatic heterocycles. The minimum absolute atomic E-state index is 0.0145. The van der Waals surface area contributed by atoms with E-state index in [1.54, 1.807) is 25.6 Å². The van der Waals surface area contributed by atoms with Crippen LogP contribution in [0.1, 0.15) is 29.6 Å². The summed E-state index contributed by atoms with van der Waals surface area (Å²) in [7, 11) is 3.67. The van der Waals surface area contributed by atoms with Gasteiger partial charge in [0.25, 0.3) is 5.91 Å². The van der Waals surface area contributed by atoms with Crippen LogP contribution < -0.4 is 10.1 Å². The van der Waals surface area contributed by atoms with Crippen molar-refractivity contribution in [2.45, 2.75) is 25.3 Å². The highest BCUT2D eigenvalue weighted by Crippen LogP contribution is 2.44. The summed E-state index contributed by atoms with van der Waals surface area (Å²) < 4.78 is 5.26. The van der Waals surface area contributed by atoms with Crippen molar-refractivity contribution in [2.75, 3.05) is 39.1 Å². The molecule has 0 radical (unpaired) electrons. The second-order valence-corrected chi connectivity index (χ2v) is 8.16. The van der Waals surface area contributed by atoms with Gasteiger partial charge in [0.05, 0.1) is 24.4 Å². The molecular formula is C23H28N4O3. The number of nitrogens with one attached hydrogen (secondary N) is 1. The third-order valence-corrected chi connectivity index (χ3v) is 6.56. The van der Waals surface area contributed by atoms with Gasteiger partial charge in [-0.05, 0) is 63.2 Å². The van der Waals surface area contributed by atoms with E-state index in [2.05, 4.69) is 22.2 Å². The van der Waals surface area contributed by atoms with Gasteiger partial charge in [-0.1, -0.05) is 6.07 Å². The van der Waals surface area contributed by atoms with Crippen LogP contribution in [0.5, 0.6) is 5.75 Å². The van der Waals surface area contributed by atoms with Crippen LogP contribution in [0.2, 0.25) is 0 Å². The molecule has 3 heterocycles. The van der Waals surface area contributed by atoms with E-state index in [9.17, 15) is 9.59 Å². The number of methoxy groups -OCH3 is 1. The fourth-order valence-corrected chi connectivity index (χ4v) is 4.85. The number of hydrogen-bond donors (Lipinski definition) is 1. The van der Waals surface area contributed by atoms with Crippen LogP contribution in [0.25, 0.3) is 0 Å². The van der Waals surface area contributed by atoms with Crippen molar-refractivity contribution in [3.63, 3.8) is 0 Å². The minimum Gasteiger partial charge on any atom is -0.497 e. The molecule has 7 heteroatoms. The molecule has 7 nitrogen and oxygen atoms in total. The standard InChI is InChI=1S/C23H28N4O3/c1-26-13-9-23(22(29)25-18-6-4-11-24-16-18)10-14-27(12-8-20(23)26)21(28)17-5-3-7-19(15-17)30-2/h3-7,11,15-16,20H,8-10,12-14H2,1-2H3,(H,25,29)/t20-,23-/m1/s1. The molecular weight excluding hydrogens is 380 g/mol. The zero-order valence-electron chi connectivity index (χ0n) is 17.5. The molecule has 2 atom stereocenters. The lowest BCUT2D eigenvalue weighted by atomic mass is 9.75. The van der Waals surface area contributed by atoms with Gasteiger partial charge >= 0.3 is 0 Å². The van der Waals surface area contributed by atoms with E-state index in [4.69, 9.17) is 4.74 Å². The molecule has 2 fully saturated rings. The van der Waals surface area contributed by atoms with E-state index < -0.39 is 5.41 Å². The largest absolute Gasteiger partial charge is 0.497 e. The normalized spacial score (nSPS) is 24.1. The monoisotopic (exact) mass is 408 g/mol. The van der Waals surface area contributed by atoms with Crippen molar-refractivity contribution in [1.29, 1.82) is 0 Å². The molecule has 0 saturated carbocycles. The Balaban J connectivity index is 1.54. The van der Waals surface area contributed by atoms with E-state index >= 15 is 0 Å². The number of pyridine rings is 1. The van der Waals surface area contributed by atoms with Crippen molar-refractivity contribution >= 4 is 17.5 Å². The Labute approximate surface area is 177 Å². The number of anilines is 1. The molecule has 2 aliphatic rings. The van der Waals surface area contributed by atoms with Gasteiger partial charge in [0.1, 0.15) is 5.75 Å². The molecule has 4 rings (SSSR count). The summed E-state index contributed by atoms with van der Waals surface area (Å²) in [5.74, 6) is 0.680. The van der Waals surface area contributed by atoms with Crippen molar-refractivity contribution in [1.82, 2.24) is 14.8 Å². The highest BCUT2D eigenvalue weighted by atomic mass is 16.5. The average Bonchev–Trinajstić information content (AvgIpc) is 2.97. The Morgan fingerprint density at radius 2 is 2.00 bits per heavy atom. The Morgan fingerprint density at radius 3 is 2.77 bits per heavy atom. The summed E-state index contributed by atoms with van der Waals surface area (Å²) in [6, 6.07) is 11.0. The van der Waals surface area contributed by atoms with Gasteiger partial charge in [-0.15, -0.1) is 0 Å². The van der Waals surface area contributed by atoms with Crippen LogP contribution in [0, 0.1) is 5.41 Å². The zero-order valence-corrected chi connectivity index (χ0v) is 17.5. The molecule has 0 unspecified atom stereocenters.